The van der Waals surface area contributed by atoms with Gasteiger partial charge >= 0.3 is 142 Å². The first-order valence-corrected chi connectivity index (χ1v) is 12.4. The molecule has 2 heteroatoms. The van der Waals surface area contributed by atoms with E-state index in [4.69, 9.17) is 0 Å². The molecular formula is C20H22BrP. The second-order valence-electron chi connectivity index (χ2n) is 6.45. The van der Waals surface area contributed by atoms with E-state index >= 15 is 0 Å². The summed E-state index contributed by atoms with van der Waals surface area (Å²) >= 11 is 4.29. The van der Waals surface area contributed by atoms with E-state index in [9.17, 15) is 0 Å². The molecule has 0 fully saturated rings. The molecule has 0 bridgehead atoms. The molecule has 0 unspecified atom stereocenters. The Morgan fingerprint density at radius 1 is 0.682 bits per heavy atom. The van der Waals surface area contributed by atoms with Gasteiger partial charge in [-0.15, -0.1) is 0 Å². The zero-order valence-corrected chi connectivity index (χ0v) is 15.6. The fraction of sp³-hybridized carbons (Fsp3) is 0.200. The third kappa shape index (κ3) is 3.26. The second-order valence-corrected chi connectivity index (χ2v) is 16.1. The monoisotopic (exact) mass is 372 g/mol. The minimum atomic E-state index is -2.24. The van der Waals surface area contributed by atoms with Crippen molar-refractivity contribution >= 4 is 20.8 Å². The van der Waals surface area contributed by atoms with Crippen LogP contribution in [0.1, 0.15) is 25.0 Å². The van der Waals surface area contributed by atoms with Crippen molar-refractivity contribution in [2.45, 2.75) is 26.2 Å². The van der Waals surface area contributed by atoms with Crippen molar-refractivity contribution in [3.8, 4) is 0 Å². The van der Waals surface area contributed by atoms with Gasteiger partial charge in [-0.05, 0) is 0 Å². The predicted octanol–water partition coefficient (Wildman–Crippen LogP) is 7.07. The molecule has 1 aliphatic heterocycles. The number of hydrogen-bond donors (Lipinski definition) is 0. The van der Waals surface area contributed by atoms with Crippen molar-refractivity contribution < 1.29 is 0 Å². The predicted molar refractivity (Wildman–Crippen MR) is 104 cm³/mol. The summed E-state index contributed by atoms with van der Waals surface area (Å²) < 4.78 is 0. The molecule has 0 radical (unpaired) electrons. The van der Waals surface area contributed by atoms with Crippen LogP contribution in [0.5, 0.6) is 0 Å². The summed E-state index contributed by atoms with van der Waals surface area (Å²) in [5.41, 5.74) is 5.65. The van der Waals surface area contributed by atoms with Crippen LogP contribution in [0.25, 0.3) is 0 Å². The molecule has 2 aromatic carbocycles. The third-order valence-corrected chi connectivity index (χ3v) is 11.3. The normalized spacial score (nSPS) is 20.6. The SMILES string of the molecule is CC1=CP(Br)(Cc2ccccc2)(Cc2ccccc2)C=C1C. The van der Waals surface area contributed by atoms with Gasteiger partial charge in [-0.25, -0.2) is 0 Å². The number of rotatable bonds is 4. The first-order chi connectivity index (χ1) is 10.5. The van der Waals surface area contributed by atoms with Gasteiger partial charge in [-0.3, -0.25) is 0 Å². The van der Waals surface area contributed by atoms with Gasteiger partial charge in [0, 0.05) is 0 Å². The van der Waals surface area contributed by atoms with E-state index in [0.717, 1.165) is 12.3 Å². The molecule has 1 aliphatic rings. The molecule has 0 N–H and O–H groups in total. The standard InChI is InChI=1S/C20H22BrP/c1-17-13-22(21,14-18(17)2,15-19-9-5-3-6-10-19)16-20-11-7-4-8-12-20/h3-14H,15-16H2,1-2H3. The van der Waals surface area contributed by atoms with E-state index in [2.05, 4.69) is 102 Å². The number of benzene rings is 2. The van der Waals surface area contributed by atoms with E-state index < -0.39 is 5.31 Å². The van der Waals surface area contributed by atoms with Gasteiger partial charge in [0.1, 0.15) is 0 Å². The van der Waals surface area contributed by atoms with Crippen LogP contribution in [0.15, 0.2) is 83.4 Å². The molecular weight excluding hydrogens is 351 g/mol. The Morgan fingerprint density at radius 3 is 1.41 bits per heavy atom. The van der Waals surface area contributed by atoms with Gasteiger partial charge in [0.25, 0.3) is 0 Å². The van der Waals surface area contributed by atoms with Crippen molar-refractivity contribution in [1.29, 1.82) is 0 Å². The average Bonchev–Trinajstić information content (AvgIpc) is 2.71. The summed E-state index contributed by atoms with van der Waals surface area (Å²) in [6.07, 6.45) is 2.16. The van der Waals surface area contributed by atoms with E-state index in [-0.39, 0.29) is 0 Å². The average molecular weight is 373 g/mol. The summed E-state index contributed by atoms with van der Waals surface area (Å²) in [6, 6.07) is 21.7. The summed E-state index contributed by atoms with van der Waals surface area (Å²) in [6.45, 7) is 4.47. The molecule has 2 aromatic rings. The van der Waals surface area contributed by atoms with Gasteiger partial charge in [-0.1, -0.05) is 0 Å². The van der Waals surface area contributed by atoms with E-state index in [0.29, 0.717) is 0 Å². The Morgan fingerprint density at radius 2 is 1.05 bits per heavy atom. The van der Waals surface area contributed by atoms with E-state index in [1.165, 1.54) is 22.3 Å². The molecule has 114 valence electrons. The number of hydrogen-bond acceptors (Lipinski definition) is 0. The molecule has 3 rings (SSSR count). The fourth-order valence-corrected chi connectivity index (χ4v) is 11.8. The Balaban J connectivity index is 2.04. The molecule has 0 saturated heterocycles. The fourth-order valence-electron chi connectivity index (χ4n) is 3.38. The third-order valence-electron chi connectivity index (χ3n) is 4.38. The zero-order valence-electron chi connectivity index (χ0n) is 13.2. The topological polar surface area (TPSA) is 0 Å². The molecule has 0 aliphatic carbocycles. The van der Waals surface area contributed by atoms with Gasteiger partial charge in [0.2, 0.25) is 0 Å². The molecule has 0 spiro atoms. The summed E-state index contributed by atoms with van der Waals surface area (Å²) in [7, 11) is 0. The molecule has 0 atom stereocenters. The Hall–Kier alpha value is -1.17. The van der Waals surface area contributed by atoms with Gasteiger partial charge < -0.3 is 0 Å². The van der Waals surface area contributed by atoms with Crippen molar-refractivity contribution in [2.75, 3.05) is 0 Å². The molecule has 0 amide bonds. The number of halogens is 1. The summed E-state index contributed by atoms with van der Waals surface area (Å²) in [4.78, 5) is 0. The Bertz CT molecular complexity index is 665. The van der Waals surface area contributed by atoms with E-state index in [1.807, 2.05) is 0 Å². The quantitative estimate of drug-likeness (QED) is 0.503. The first-order valence-electron chi connectivity index (χ1n) is 7.67. The van der Waals surface area contributed by atoms with Gasteiger partial charge in [0.15, 0.2) is 0 Å². The molecule has 1 heterocycles. The Kier molecular flexibility index (Phi) is 4.14. The second kappa shape index (κ2) is 5.80. The summed E-state index contributed by atoms with van der Waals surface area (Å²) in [5.74, 6) is 5.06. The maximum atomic E-state index is 4.29. The Labute approximate surface area is 141 Å². The van der Waals surface area contributed by atoms with Crippen molar-refractivity contribution in [3.63, 3.8) is 0 Å². The molecule has 0 aromatic heterocycles. The van der Waals surface area contributed by atoms with Crippen molar-refractivity contribution in [1.82, 2.24) is 0 Å². The molecule has 0 nitrogen and oxygen atoms in total. The van der Waals surface area contributed by atoms with Crippen LogP contribution in [0.2, 0.25) is 0 Å². The van der Waals surface area contributed by atoms with Crippen molar-refractivity contribution in [2.24, 2.45) is 0 Å². The van der Waals surface area contributed by atoms with Crippen LogP contribution in [-0.2, 0) is 12.3 Å². The van der Waals surface area contributed by atoms with Crippen molar-refractivity contribution in [3.05, 3.63) is 94.6 Å². The van der Waals surface area contributed by atoms with Crippen LogP contribution >= 0.6 is 20.8 Å². The number of allylic oxidation sites excluding steroid dienone is 2. The first kappa shape index (κ1) is 15.7. The minimum absolute atomic E-state index is 1.08. The summed E-state index contributed by atoms with van der Waals surface area (Å²) in [5, 5.41) is -2.24. The van der Waals surface area contributed by atoms with E-state index in [1.54, 1.807) is 0 Å². The van der Waals surface area contributed by atoms with Crippen LogP contribution in [-0.4, -0.2) is 0 Å². The van der Waals surface area contributed by atoms with Crippen LogP contribution in [0, 0.1) is 0 Å². The zero-order chi connectivity index (χ0) is 15.7. The van der Waals surface area contributed by atoms with Crippen LogP contribution in [0.3, 0.4) is 0 Å². The molecule has 0 saturated carbocycles. The van der Waals surface area contributed by atoms with Crippen LogP contribution in [0.4, 0.5) is 0 Å². The molecule has 22 heavy (non-hydrogen) atoms. The van der Waals surface area contributed by atoms with Crippen LogP contribution < -0.4 is 0 Å². The maximum absolute atomic E-state index is 4.29. The van der Waals surface area contributed by atoms with Gasteiger partial charge in [0.05, 0.1) is 0 Å². The van der Waals surface area contributed by atoms with Gasteiger partial charge in [-0.2, -0.15) is 0 Å².